The van der Waals surface area contributed by atoms with Crippen molar-refractivity contribution < 1.29 is 0 Å². The molecule has 0 radical (unpaired) electrons. The molecule has 1 aliphatic carbocycles. The second kappa shape index (κ2) is 16.3. The average molecular weight is 581 g/mol. The summed E-state index contributed by atoms with van der Waals surface area (Å²) in [7, 11) is 2.83. The van der Waals surface area contributed by atoms with Gasteiger partial charge in [0.05, 0.1) is 18.3 Å². The summed E-state index contributed by atoms with van der Waals surface area (Å²) in [5.74, 6) is 1.52. The lowest BCUT2D eigenvalue weighted by Crippen LogP contribution is -2.40. The molecular weight excluding hydrogens is 531 g/mol. The molecule has 1 atom stereocenters. The molecule has 1 saturated carbocycles. The van der Waals surface area contributed by atoms with Gasteiger partial charge >= 0.3 is 0 Å². The fourth-order valence-electron chi connectivity index (χ4n) is 5.96. The van der Waals surface area contributed by atoms with Crippen molar-refractivity contribution in [3.8, 4) is 0 Å². The molecule has 3 aromatic rings. The van der Waals surface area contributed by atoms with Gasteiger partial charge in [0.1, 0.15) is 11.5 Å². The minimum absolute atomic E-state index is 0.425. The molecule has 41 heavy (non-hydrogen) atoms. The smallest absolute Gasteiger partial charge is 0.225 e. The highest BCUT2D eigenvalue weighted by Gasteiger charge is 2.20. The molecule has 224 valence electrons. The lowest BCUT2D eigenvalue weighted by atomic mass is 9.95. The molecule has 0 bridgehead atoms. The quantitative estimate of drug-likeness (QED) is 0.148. The fourth-order valence-corrected chi connectivity index (χ4v) is 6.32. The zero-order valence-corrected chi connectivity index (χ0v) is 25.7. The van der Waals surface area contributed by atoms with Gasteiger partial charge in [-0.3, -0.25) is 4.68 Å². The highest BCUT2D eigenvalue weighted by Crippen LogP contribution is 2.25. The van der Waals surface area contributed by atoms with Gasteiger partial charge in [0.2, 0.25) is 5.95 Å². The molecule has 5 rings (SSSR count). The Morgan fingerprint density at radius 1 is 0.878 bits per heavy atom. The number of aromatic nitrogens is 5. The molecule has 11 heteroatoms. The van der Waals surface area contributed by atoms with Crippen molar-refractivity contribution in [2.45, 2.75) is 83.0 Å². The zero-order valence-electron chi connectivity index (χ0n) is 24.5. The molecule has 0 spiro atoms. The summed E-state index contributed by atoms with van der Waals surface area (Å²) in [6.45, 7) is 7.98. The Bertz CT molecular complexity index is 1170. The van der Waals surface area contributed by atoms with E-state index in [2.05, 4.69) is 57.9 Å². The van der Waals surface area contributed by atoms with Gasteiger partial charge in [-0.1, -0.05) is 36.6 Å². The van der Waals surface area contributed by atoms with E-state index >= 15 is 0 Å². The van der Waals surface area contributed by atoms with Gasteiger partial charge in [-0.15, -0.1) is 14.3 Å². The third kappa shape index (κ3) is 9.57. The average Bonchev–Trinajstić information content (AvgIpc) is 3.47. The number of benzene rings is 1. The third-order valence-corrected chi connectivity index (χ3v) is 8.56. The first-order chi connectivity index (χ1) is 20.3. The SMILES string of the molecule is PCCN1CCC(Nc2nc(NCc3cn(CCCNCCCNC4CCCCC4)nn3)nc3ccccc23)CC1. The number of fused-ring (bicyclic) bond motifs is 1. The minimum atomic E-state index is 0.425. The number of aryl methyl sites for hydroxylation is 1. The largest absolute Gasteiger partial charge is 0.367 e. The van der Waals surface area contributed by atoms with Crippen molar-refractivity contribution in [1.29, 1.82) is 0 Å². The summed E-state index contributed by atoms with van der Waals surface area (Å²) in [4.78, 5) is 12.2. The van der Waals surface area contributed by atoms with E-state index in [4.69, 9.17) is 9.97 Å². The fraction of sp³-hybridized carbons (Fsp3) is 0.667. The number of rotatable bonds is 16. The minimum Gasteiger partial charge on any atom is -0.367 e. The molecule has 0 amide bonds. The monoisotopic (exact) mass is 580 g/mol. The standard InChI is InChI=1S/C30H49N10P/c41-21-20-39-18-12-25(13-19-39)34-29-27-10-4-5-11-28(27)35-30(36-29)33-22-26-23-40(38-37-26)17-7-15-31-14-6-16-32-24-8-2-1-3-9-24/h4-5,10-11,23-25,31-32H,1-3,6-9,12-22,41H2,(H2,33,34,35,36). The summed E-state index contributed by atoms with van der Waals surface area (Å²) in [6.07, 6.45) is 14.5. The van der Waals surface area contributed by atoms with E-state index < -0.39 is 0 Å². The van der Waals surface area contributed by atoms with Crippen molar-refractivity contribution in [3.05, 3.63) is 36.2 Å². The predicted molar refractivity (Wildman–Crippen MR) is 172 cm³/mol. The summed E-state index contributed by atoms with van der Waals surface area (Å²) >= 11 is 0. The van der Waals surface area contributed by atoms with Gasteiger partial charge in [-0.05, 0) is 76.5 Å². The Morgan fingerprint density at radius 2 is 1.71 bits per heavy atom. The van der Waals surface area contributed by atoms with Crippen molar-refractivity contribution >= 4 is 31.9 Å². The lowest BCUT2D eigenvalue weighted by Gasteiger charge is -2.32. The highest BCUT2D eigenvalue weighted by atomic mass is 31.0. The van der Waals surface area contributed by atoms with E-state index in [1.54, 1.807) is 0 Å². The first kappa shape index (κ1) is 30.1. The molecule has 2 aromatic heterocycles. The van der Waals surface area contributed by atoms with E-state index in [1.807, 2.05) is 23.0 Å². The van der Waals surface area contributed by atoms with Crippen LogP contribution in [0.25, 0.3) is 10.9 Å². The second-order valence-corrected chi connectivity index (χ2v) is 12.1. The van der Waals surface area contributed by atoms with Gasteiger partial charge < -0.3 is 26.2 Å². The van der Waals surface area contributed by atoms with Gasteiger partial charge in [-0.25, -0.2) is 4.98 Å². The maximum absolute atomic E-state index is 4.87. The van der Waals surface area contributed by atoms with Crippen LogP contribution < -0.4 is 21.3 Å². The number of anilines is 2. The molecule has 1 aliphatic heterocycles. The van der Waals surface area contributed by atoms with Crippen LogP contribution in [0.1, 0.15) is 63.5 Å². The van der Waals surface area contributed by atoms with Gasteiger partial charge in [-0.2, -0.15) is 4.98 Å². The van der Waals surface area contributed by atoms with Crippen molar-refractivity contribution in [2.24, 2.45) is 0 Å². The van der Waals surface area contributed by atoms with Crippen LogP contribution in [0.15, 0.2) is 30.5 Å². The normalized spacial score (nSPS) is 17.3. The summed E-state index contributed by atoms with van der Waals surface area (Å²) in [5.41, 5.74) is 1.83. The molecule has 3 heterocycles. The molecule has 1 saturated heterocycles. The van der Waals surface area contributed by atoms with E-state index in [0.717, 1.165) is 99.7 Å². The number of para-hydroxylation sites is 1. The Hall–Kier alpha value is -2.39. The molecule has 1 unspecified atom stereocenters. The molecule has 1 aromatic carbocycles. The number of hydrogen-bond acceptors (Lipinski definition) is 9. The van der Waals surface area contributed by atoms with E-state index in [1.165, 1.54) is 38.5 Å². The summed E-state index contributed by atoms with van der Waals surface area (Å²) in [5, 5.41) is 24.1. The summed E-state index contributed by atoms with van der Waals surface area (Å²) in [6, 6.07) is 9.40. The maximum Gasteiger partial charge on any atom is 0.225 e. The van der Waals surface area contributed by atoms with Crippen LogP contribution in [0, 0.1) is 0 Å². The molecule has 10 nitrogen and oxygen atoms in total. The molecular formula is C30H49N10P. The topological polar surface area (TPSA) is 108 Å². The van der Waals surface area contributed by atoms with Crippen LogP contribution in [0.5, 0.6) is 0 Å². The number of nitrogens with zero attached hydrogens (tertiary/aromatic N) is 6. The van der Waals surface area contributed by atoms with Gasteiger partial charge in [0, 0.05) is 43.6 Å². The maximum atomic E-state index is 4.87. The number of nitrogens with one attached hydrogen (secondary N) is 4. The van der Waals surface area contributed by atoms with E-state index in [-0.39, 0.29) is 0 Å². The van der Waals surface area contributed by atoms with Crippen molar-refractivity contribution in [2.75, 3.05) is 56.1 Å². The Balaban J connectivity index is 1.03. The van der Waals surface area contributed by atoms with Crippen LogP contribution in [0.4, 0.5) is 11.8 Å². The Labute approximate surface area is 247 Å². The third-order valence-electron chi connectivity index (χ3n) is 8.30. The highest BCUT2D eigenvalue weighted by molar-refractivity contribution is 7.16. The Kier molecular flexibility index (Phi) is 12.0. The van der Waals surface area contributed by atoms with Crippen molar-refractivity contribution in [1.82, 2.24) is 40.5 Å². The van der Waals surface area contributed by atoms with E-state index in [0.29, 0.717) is 18.5 Å². The van der Waals surface area contributed by atoms with E-state index in [9.17, 15) is 0 Å². The van der Waals surface area contributed by atoms with Crippen LogP contribution in [-0.4, -0.2) is 87.4 Å². The second-order valence-electron chi connectivity index (χ2n) is 11.5. The first-order valence-electron chi connectivity index (χ1n) is 15.8. The molecule has 2 fully saturated rings. The zero-order chi connectivity index (χ0) is 28.1. The van der Waals surface area contributed by atoms with Crippen LogP contribution in [0.3, 0.4) is 0 Å². The van der Waals surface area contributed by atoms with Crippen LogP contribution in [0.2, 0.25) is 0 Å². The predicted octanol–water partition coefficient (Wildman–Crippen LogP) is 3.88. The Morgan fingerprint density at radius 3 is 2.56 bits per heavy atom. The molecule has 4 N–H and O–H groups in total. The van der Waals surface area contributed by atoms with Crippen LogP contribution >= 0.6 is 9.24 Å². The van der Waals surface area contributed by atoms with Crippen LogP contribution in [-0.2, 0) is 13.1 Å². The first-order valence-corrected chi connectivity index (χ1v) is 16.6. The van der Waals surface area contributed by atoms with Crippen molar-refractivity contribution in [3.63, 3.8) is 0 Å². The number of likely N-dealkylation sites (tertiary alicyclic amines) is 1. The summed E-state index contributed by atoms with van der Waals surface area (Å²) < 4.78 is 1.93. The van der Waals surface area contributed by atoms with Gasteiger partial charge in [0.15, 0.2) is 0 Å². The number of hydrogen-bond donors (Lipinski definition) is 4. The van der Waals surface area contributed by atoms with Gasteiger partial charge in [0.25, 0.3) is 0 Å². The molecule has 2 aliphatic rings. The number of piperidine rings is 1. The lowest BCUT2D eigenvalue weighted by molar-refractivity contribution is 0.231.